The first-order valence-corrected chi connectivity index (χ1v) is 6.68. The Bertz CT molecular complexity index is 460. The lowest BCUT2D eigenvalue weighted by atomic mass is 9.47. The summed E-state index contributed by atoms with van der Waals surface area (Å²) in [6.07, 6.45) is 3.51. The molecule has 1 heteroatoms. The van der Waals surface area contributed by atoms with Crippen molar-refractivity contribution in [2.24, 2.45) is 0 Å². The molecule has 0 amide bonds. The predicted molar refractivity (Wildman–Crippen MR) is 77.0 cm³/mol. The summed E-state index contributed by atoms with van der Waals surface area (Å²) in [6, 6.07) is 21.3. The molecule has 0 saturated heterocycles. The van der Waals surface area contributed by atoms with E-state index in [9.17, 15) is 0 Å². The van der Waals surface area contributed by atoms with Crippen LogP contribution in [0.15, 0.2) is 60.7 Å². The van der Waals surface area contributed by atoms with E-state index < -0.39 is 0 Å². The van der Waals surface area contributed by atoms with Crippen LogP contribution in [0.25, 0.3) is 0 Å². The monoisotopic (exact) mass is 232 g/mol. The molecule has 0 spiro atoms. The van der Waals surface area contributed by atoms with Gasteiger partial charge in [-0.05, 0) is 11.1 Å². The summed E-state index contributed by atoms with van der Waals surface area (Å²) in [5.74, 6) is 0.327. The second kappa shape index (κ2) is 4.64. The molecular weight excluding hydrogens is 215 g/mol. The second-order valence-corrected chi connectivity index (χ2v) is 5.34. The van der Waals surface area contributed by atoms with E-state index in [4.69, 9.17) is 7.85 Å². The molecule has 18 heavy (non-hydrogen) atoms. The van der Waals surface area contributed by atoms with E-state index in [-0.39, 0.29) is 5.31 Å². The molecular formula is C17H17B. The zero-order chi connectivity index (χ0) is 12.4. The van der Waals surface area contributed by atoms with Gasteiger partial charge in [0.05, 0.1) is 7.85 Å². The van der Waals surface area contributed by atoms with Gasteiger partial charge in [0.1, 0.15) is 0 Å². The van der Waals surface area contributed by atoms with E-state index in [0.29, 0.717) is 5.92 Å². The molecule has 0 heterocycles. The molecule has 1 saturated carbocycles. The van der Waals surface area contributed by atoms with Crippen molar-refractivity contribution in [2.45, 2.75) is 30.5 Å². The fraction of sp³-hybridized carbons (Fsp3) is 0.294. The van der Waals surface area contributed by atoms with Gasteiger partial charge in [-0.3, -0.25) is 0 Å². The zero-order valence-electron chi connectivity index (χ0n) is 10.5. The van der Waals surface area contributed by atoms with Crippen LogP contribution in [-0.2, 0) is 0 Å². The molecule has 0 bridgehead atoms. The molecule has 88 valence electrons. The zero-order valence-corrected chi connectivity index (χ0v) is 10.5. The number of rotatable bonds is 3. The lowest BCUT2D eigenvalue weighted by Crippen LogP contribution is -2.30. The van der Waals surface area contributed by atoms with Crippen LogP contribution in [0.5, 0.6) is 0 Å². The van der Waals surface area contributed by atoms with Gasteiger partial charge in [0, 0.05) is 5.92 Å². The number of benzene rings is 2. The summed E-state index contributed by atoms with van der Waals surface area (Å²) in [5.41, 5.74) is 2.68. The topological polar surface area (TPSA) is 0 Å². The normalized spacial score (nSPS) is 17.4. The molecule has 0 aromatic heterocycles. The van der Waals surface area contributed by atoms with Gasteiger partial charge in [-0.2, -0.15) is 0 Å². The quantitative estimate of drug-likeness (QED) is 0.691. The summed E-state index contributed by atoms with van der Waals surface area (Å²) >= 11 is 0. The molecule has 0 unspecified atom stereocenters. The summed E-state index contributed by atoms with van der Waals surface area (Å²) in [7, 11) is 6.61. The minimum absolute atomic E-state index is 0.0529. The fourth-order valence-corrected chi connectivity index (χ4v) is 3.02. The van der Waals surface area contributed by atoms with Crippen molar-refractivity contribution in [1.82, 2.24) is 0 Å². The van der Waals surface area contributed by atoms with E-state index in [2.05, 4.69) is 60.7 Å². The van der Waals surface area contributed by atoms with Gasteiger partial charge in [0.25, 0.3) is 0 Å². The SMILES string of the molecule is [B]C1(C(c2ccccc2)c2ccccc2)CCC1. The summed E-state index contributed by atoms with van der Waals surface area (Å²) in [5, 5.41) is -0.0529. The van der Waals surface area contributed by atoms with Gasteiger partial charge in [-0.25, -0.2) is 0 Å². The van der Waals surface area contributed by atoms with E-state index in [1.807, 2.05) is 0 Å². The highest BCUT2D eigenvalue weighted by atomic mass is 14.4. The van der Waals surface area contributed by atoms with Crippen LogP contribution in [0.3, 0.4) is 0 Å². The van der Waals surface area contributed by atoms with Crippen LogP contribution >= 0.6 is 0 Å². The van der Waals surface area contributed by atoms with E-state index >= 15 is 0 Å². The summed E-state index contributed by atoms with van der Waals surface area (Å²) in [4.78, 5) is 0. The maximum absolute atomic E-state index is 6.61. The number of hydrogen-bond acceptors (Lipinski definition) is 0. The smallest absolute Gasteiger partial charge is 0.0622 e. The van der Waals surface area contributed by atoms with Crippen LogP contribution in [0.2, 0.25) is 5.31 Å². The van der Waals surface area contributed by atoms with E-state index in [1.165, 1.54) is 17.5 Å². The first kappa shape index (κ1) is 11.6. The highest BCUT2D eigenvalue weighted by Crippen LogP contribution is 2.57. The van der Waals surface area contributed by atoms with Crippen molar-refractivity contribution in [3.8, 4) is 0 Å². The maximum Gasteiger partial charge on any atom is 0.0759 e. The lowest BCUT2D eigenvalue weighted by molar-refractivity contribution is 0.308. The largest absolute Gasteiger partial charge is 0.0759 e. The molecule has 0 N–H and O–H groups in total. The van der Waals surface area contributed by atoms with Crippen molar-refractivity contribution < 1.29 is 0 Å². The van der Waals surface area contributed by atoms with Gasteiger partial charge >= 0.3 is 0 Å². The van der Waals surface area contributed by atoms with Crippen LogP contribution < -0.4 is 0 Å². The highest BCUT2D eigenvalue weighted by molar-refractivity contribution is 6.16. The molecule has 2 radical (unpaired) electrons. The Balaban J connectivity index is 2.05. The van der Waals surface area contributed by atoms with E-state index in [0.717, 1.165) is 12.8 Å². The molecule has 0 aliphatic heterocycles. The minimum Gasteiger partial charge on any atom is -0.0622 e. The summed E-state index contributed by atoms with van der Waals surface area (Å²) in [6.45, 7) is 0. The van der Waals surface area contributed by atoms with Gasteiger partial charge in [-0.15, -0.1) is 0 Å². The average Bonchev–Trinajstić information content (AvgIpc) is 2.40. The first-order valence-electron chi connectivity index (χ1n) is 6.68. The standard InChI is InChI=1S/C17H17B/c18-17(12-7-13-17)16(14-8-3-1-4-9-14)15-10-5-2-6-11-15/h1-6,8-11,16H,7,12-13H2. The van der Waals surface area contributed by atoms with Crippen molar-refractivity contribution in [1.29, 1.82) is 0 Å². The Morgan fingerprint density at radius 2 is 1.22 bits per heavy atom. The Morgan fingerprint density at radius 1 is 0.778 bits per heavy atom. The van der Waals surface area contributed by atoms with Crippen LogP contribution in [0, 0.1) is 0 Å². The second-order valence-electron chi connectivity index (χ2n) is 5.34. The Morgan fingerprint density at radius 3 is 1.56 bits per heavy atom. The summed E-state index contributed by atoms with van der Waals surface area (Å²) < 4.78 is 0. The molecule has 1 aliphatic carbocycles. The Hall–Kier alpha value is -1.50. The third kappa shape index (κ3) is 1.99. The molecule has 0 atom stereocenters. The predicted octanol–water partition coefficient (Wildman–Crippen LogP) is 4.33. The molecule has 1 fully saturated rings. The van der Waals surface area contributed by atoms with Crippen molar-refractivity contribution in [3.05, 3.63) is 71.8 Å². The van der Waals surface area contributed by atoms with Crippen LogP contribution in [-0.4, -0.2) is 7.85 Å². The van der Waals surface area contributed by atoms with Gasteiger partial charge in [0.15, 0.2) is 0 Å². The lowest BCUT2D eigenvalue weighted by Gasteiger charge is -2.46. The first-order chi connectivity index (χ1) is 8.80. The average molecular weight is 232 g/mol. The molecule has 2 aromatic rings. The highest BCUT2D eigenvalue weighted by Gasteiger charge is 2.40. The molecule has 0 nitrogen and oxygen atoms in total. The van der Waals surface area contributed by atoms with Crippen molar-refractivity contribution in [2.75, 3.05) is 0 Å². The minimum atomic E-state index is -0.0529. The number of hydrogen-bond donors (Lipinski definition) is 0. The van der Waals surface area contributed by atoms with Gasteiger partial charge in [-0.1, -0.05) is 85.2 Å². The Kier molecular flexibility index (Phi) is 2.99. The fourth-order valence-electron chi connectivity index (χ4n) is 3.02. The van der Waals surface area contributed by atoms with Crippen molar-refractivity contribution in [3.63, 3.8) is 0 Å². The Labute approximate surface area is 110 Å². The third-order valence-corrected chi connectivity index (χ3v) is 4.13. The molecule has 3 rings (SSSR count). The molecule has 1 aliphatic rings. The van der Waals surface area contributed by atoms with Gasteiger partial charge < -0.3 is 0 Å². The van der Waals surface area contributed by atoms with Crippen LogP contribution in [0.4, 0.5) is 0 Å². The van der Waals surface area contributed by atoms with Crippen LogP contribution in [0.1, 0.15) is 36.3 Å². The van der Waals surface area contributed by atoms with E-state index in [1.54, 1.807) is 0 Å². The maximum atomic E-state index is 6.61. The third-order valence-electron chi connectivity index (χ3n) is 4.13. The van der Waals surface area contributed by atoms with Crippen molar-refractivity contribution >= 4 is 7.85 Å². The molecule has 2 aromatic carbocycles. The van der Waals surface area contributed by atoms with Gasteiger partial charge in [0.2, 0.25) is 0 Å².